The molecule has 2 rings (SSSR count). The van der Waals surface area contributed by atoms with Crippen LogP contribution in [-0.4, -0.2) is 5.91 Å². The number of hydrogen-bond acceptors (Lipinski definition) is 1. The predicted molar refractivity (Wildman–Crippen MR) is 86.2 cm³/mol. The minimum Gasteiger partial charge on any atom is -0.320 e. The first-order chi connectivity index (χ1) is 8.97. The van der Waals surface area contributed by atoms with Crippen LogP contribution in [0.4, 0.5) is 10.1 Å². The summed E-state index contributed by atoms with van der Waals surface area (Å²) in [5, 5.41) is 2.80. The van der Waals surface area contributed by atoms with Crippen LogP contribution in [0.1, 0.15) is 10.4 Å². The van der Waals surface area contributed by atoms with E-state index in [-0.39, 0.29) is 10.9 Å². The Balaban J connectivity index is 2.26. The van der Waals surface area contributed by atoms with Crippen LogP contribution >= 0.6 is 50.1 Å². The van der Waals surface area contributed by atoms with Crippen molar-refractivity contribution >= 4 is 61.7 Å². The zero-order valence-electron chi connectivity index (χ0n) is 9.38. The van der Waals surface area contributed by atoms with E-state index in [4.69, 9.17) is 11.6 Å². The molecule has 0 spiro atoms. The van der Waals surface area contributed by atoms with Gasteiger partial charge in [-0.05, 0) is 74.9 Å². The minimum atomic E-state index is -0.468. The lowest BCUT2D eigenvalue weighted by Crippen LogP contribution is -2.12. The van der Waals surface area contributed by atoms with Gasteiger partial charge in [0.1, 0.15) is 5.82 Å². The summed E-state index contributed by atoms with van der Waals surface area (Å²) in [6, 6.07) is 9.48. The topological polar surface area (TPSA) is 29.1 Å². The summed E-state index contributed by atoms with van der Waals surface area (Å²) >= 11 is 11.2. The van der Waals surface area contributed by atoms with Crippen molar-refractivity contribution < 1.29 is 9.18 Å². The highest BCUT2D eigenvalue weighted by Gasteiger charge is 2.12. The normalized spacial score (nSPS) is 10.3. The van der Waals surface area contributed by atoms with Gasteiger partial charge in [0.05, 0.1) is 10.7 Å². The molecule has 19 heavy (non-hydrogen) atoms. The van der Waals surface area contributed by atoms with Crippen LogP contribution in [0.15, 0.2) is 40.9 Å². The molecule has 0 aliphatic heterocycles. The van der Waals surface area contributed by atoms with Gasteiger partial charge in [-0.15, -0.1) is 0 Å². The summed E-state index contributed by atoms with van der Waals surface area (Å²) in [5.74, 6) is -0.769. The summed E-state index contributed by atoms with van der Waals surface area (Å²) in [6.45, 7) is 0. The molecule has 0 fully saturated rings. The van der Waals surface area contributed by atoms with Crippen molar-refractivity contribution in [3.05, 3.63) is 60.8 Å². The number of hydrogen-bond donors (Lipinski definition) is 1. The Kier molecular flexibility index (Phi) is 4.81. The van der Waals surface area contributed by atoms with Crippen LogP contribution < -0.4 is 5.32 Å². The number of rotatable bonds is 2. The third-order valence-electron chi connectivity index (χ3n) is 2.35. The molecule has 1 amide bonds. The second-order valence-corrected chi connectivity index (χ2v) is 6.21. The average molecular weight is 454 g/mol. The molecule has 0 aliphatic rings. The molecule has 98 valence electrons. The molecule has 0 heterocycles. The van der Waals surface area contributed by atoms with Gasteiger partial charge < -0.3 is 5.32 Å². The van der Waals surface area contributed by atoms with Crippen LogP contribution in [0, 0.1) is 9.39 Å². The fourth-order valence-corrected chi connectivity index (χ4v) is 2.71. The maximum absolute atomic E-state index is 13.1. The summed E-state index contributed by atoms with van der Waals surface area (Å²) < 4.78 is 14.5. The SMILES string of the molecule is O=C(Nc1c(Cl)cc(F)cc1Br)c1ccc(I)cc1. The maximum Gasteiger partial charge on any atom is 0.255 e. The smallest absolute Gasteiger partial charge is 0.255 e. The Hall–Kier alpha value is -0.660. The van der Waals surface area contributed by atoms with Crippen LogP contribution in [0.5, 0.6) is 0 Å². The third-order valence-corrected chi connectivity index (χ3v) is 3.99. The summed E-state index contributed by atoms with van der Waals surface area (Å²) in [6.07, 6.45) is 0. The van der Waals surface area contributed by atoms with Gasteiger partial charge in [0.2, 0.25) is 0 Å². The molecule has 0 bridgehead atoms. The van der Waals surface area contributed by atoms with Crippen molar-refractivity contribution in [3.8, 4) is 0 Å². The molecule has 0 atom stereocenters. The Labute approximate surface area is 136 Å². The number of nitrogens with one attached hydrogen (secondary N) is 1. The van der Waals surface area contributed by atoms with Gasteiger partial charge in [0, 0.05) is 13.6 Å². The minimum absolute atomic E-state index is 0.144. The van der Waals surface area contributed by atoms with Gasteiger partial charge in [-0.2, -0.15) is 0 Å². The second-order valence-electron chi connectivity index (χ2n) is 3.71. The summed E-state index contributed by atoms with van der Waals surface area (Å²) in [5.41, 5.74) is 0.860. The Morgan fingerprint density at radius 3 is 2.47 bits per heavy atom. The summed E-state index contributed by atoms with van der Waals surface area (Å²) in [4.78, 5) is 12.0. The predicted octanol–water partition coefficient (Wildman–Crippen LogP) is 5.10. The fraction of sp³-hybridized carbons (Fsp3) is 0. The first-order valence-electron chi connectivity index (χ1n) is 5.19. The Morgan fingerprint density at radius 1 is 1.26 bits per heavy atom. The van der Waals surface area contributed by atoms with Crippen molar-refractivity contribution in [2.45, 2.75) is 0 Å². The number of benzene rings is 2. The number of anilines is 1. The molecular formula is C13H7BrClFINO. The van der Waals surface area contributed by atoms with Crippen molar-refractivity contribution in [1.29, 1.82) is 0 Å². The van der Waals surface area contributed by atoms with Gasteiger partial charge in [-0.3, -0.25) is 4.79 Å². The highest BCUT2D eigenvalue weighted by atomic mass is 127. The molecule has 0 radical (unpaired) electrons. The standard InChI is InChI=1S/C13H7BrClFINO/c14-10-5-8(16)6-11(15)12(10)18-13(19)7-1-3-9(17)4-2-7/h1-6H,(H,18,19). The molecule has 0 unspecified atom stereocenters. The van der Waals surface area contributed by atoms with Gasteiger partial charge in [-0.25, -0.2) is 4.39 Å². The second kappa shape index (κ2) is 6.19. The number of halogens is 4. The van der Waals surface area contributed by atoms with E-state index >= 15 is 0 Å². The van der Waals surface area contributed by atoms with Gasteiger partial charge in [0.15, 0.2) is 0 Å². The molecule has 0 saturated heterocycles. The Morgan fingerprint density at radius 2 is 1.89 bits per heavy atom. The van der Waals surface area contributed by atoms with Gasteiger partial charge in [-0.1, -0.05) is 11.6 Å². The molecular weight excluding hydrogens is 447 g/mol. The van der Waals surface area contributed by atoms with Crippen molar-refractivity contribution in [2.24, 2.45) is 0 Å². The maximum atomic E-state index is 13.1. The van der Waals surface area contributed by atoms with Gasteiger partial charge in [0.25, 0.3) is 5.91 Å². The zero-order chi connectivity index (χ0) is 14.0. The van der Waals surface area contributed by atoms with Crippen LogP contribution in [0.25, 0.3) is 0 Å². The highest BCUT2D eigenvalue weighted by Crippen LogP contribution is 2.32. The quantitative estimate of drug-likeness (QED) is 0.629. The van der Waals surface area contributed by atoms with E-state index in [1.54, 1.807) is 12.1 Å². The molecule has 0 aromatic heterocycles. The largest absolute Gasteiger partial charge is 0.320 e. The molecule has 1 N–H and O–H groups in total. The van der Waals surface area contributed by atoms with E-state index in [0.29, 0.717) is 15.7 Å². The lowest BCUT2D eigenvalue weighted by Gasteiger charge is -2.09. The lowest BCUT2D eigenvalue weighted by atomic mass is 10.2. The van der Waals surface area contributed by atoms with Gasteiger partial charge >= 0.3 is 0 Å². The van der Waals surface area contributed by atoms with E-state index in [1.807, 2.05) is 12.1 Å². The number of amides is 1. The average Bonchev–Trinajstić information content (AvgIpc) is 2.34. The zero-order valence-corrected chi connectivity index (χ0v) is 13.9. The van der Waals surface area contributed by atoms with E-state index in [9.17, 15) is 9.18 Å². The highest BCUT2D eigenvalue weighted by molar-refractivity contribution is 14.1. The molecule has 6 heteroatoms. The number of carbonyl (C=O) groups is 1. The molecule has 0 saturated carbocycles. The first kappa shape index (κ1) is 14.7. The third kappa shape index (κ3) is 3.67. The summed E-state index contributed by atoms with van der Waals surface area (Å²) in [7, 11) is 0. The van der Waals surface area contributed by atoms with Crippen molar-refractivity contribution in [1.82, 2.24) is 0 Å². The molecule has 2 aromatic rings. The first-order valence-corrected chi connectivity index (χ1v) is 7.44. The fourth-order valence-electron chi connectivity index (χ4n) is 1.45. The van der Waals surface area contributed by atoms with E-state index < -0.39 is 5.82 Å². The Bertz CT molecular complexity index is 610. The molecule has 2 aromatic carbocycles. The van der Waals surface area contributed by atoms with Crippen molar-refractivity contribution in [2.75, 3.05) is 5.32 Å². The van der Waals surface area contributed by atoms with E-state index in [0.717, 1.165) is 9.64 Å². The van der Waals surface area contributed by atoms with Crippen molar-refractivity contribution in [3.63, 3.8) is 0 Å². The van der Waals surface area contributed by atoms with Crippen LogP contribution in [-0.2, 0) is 0 Å². The van der Waals surface area contributed by atoms with Crippen LogP contribution in [0.3, 0.4) is 0 Å². The number of carbonyl (C=O) groups excluding carboxylic acids is 1. The molecule has 2 nitrogen and oxygen atoms in total. The van der Waals surface area contributed by atoms with Crippen LogP contribution in [0.2, 0.25) is 5.02 Å². The van der Waals surface area contributed by atoms with E-state index in [1.165, 1.54) is 6.07 Å². The van der Waals surface area contributed by atoms with E-state index in [2.05, 4.69) is 43.8 Å². The monoisotopic (exact) mass is 453 g/mol. The lowest BCUT2D eigenvalue weighted by molar-refractivity contribution is 0.102. The molecule has 0 aliphatic carbocycles.